The SMILES string of the molecule is CCc1cc(OC)c(OCC2CC2)cc1C(N)CN. The Labute approximate surface area is 115 Å². The van der Waals surface area contributed by atoms with Crippen LogP contribution in [0.1, 0.15) is 36.9 Å². The molecule has 0 aromatic heterocycles. The molecule has 0 radical (unpaired) electrons. The first-order valence-corrected chi connectivity index (χ1v) is 6.98. The molecule has 19 heavy (non-hydrogen) atoms. The molecule has 4 nitrogen and oxygen atoms in total. The Kier molecular flexibility index (Phi) is 4.66. The third-order valence-corrected chi connectivity index (χ3v) is 3.63. The Morgan fingerprint density at radius 2 is 2.05 bits per heavy atom. The fourth-order valence-electron chi connectivity index (χ4n) is 2.16. The van der Waals surface area contributed by atoms with Crippen LogP contribution in [0.3, 0.4) is 0 Å². The lowest BCUT2D eigenvalue weighted by Gasteiger charge is -2.18. The lowest BCUT2D eigenvalue weighted by atomic mass is 9.98. The fraction of sp³-hybridized carbons (Fsp3) is 0.600. The summed E-state index contributed by atoms with van der Waals surface area (Å²) in [5, 5.41) is 0. The van der Waals surface area contributed by atoms with Crippen molar-refractivity contribution >= 4 is 0 Å². The van der Waals surface area contributed by atoms with Gasteiger partial charge in [-0.3, -0.25) is 0 Å². The number of hydrogen-bond donors (Lipinski definition) is 2. The molecule has 106 valence electrons. The summed E-state index contributed by atoms with van der Waals surface area (Å²) in [5.74, 6) is 2.28. The van der Waals surface area contributed by atoms with Gasteiger partial charge in [-0.2, -0.15) is 0 Å². The van der Waals surface area contributed by atoms with E-state index in [1.54, 1.807) is 7.11 Å². The molecule has 1 aromatic rings. The van der Waals surface area contributed by atoms with Gasteiger partial charge >= 0.3 is 0 Å². The predicted molar refractivity (Wildman–Crippen MR) is 76.6 cm³/mol. The molecule has 0 spiro atoms. The zero-order chi connectivity index (χ0) is 13.8. The molecule has 2 rings (SSSR count). The highest BCUT2D eigenvalue weighted by Crippen LogP contribution is 2.35. The molecule has 0 bridgehead atoms. The van der Waals surface area contributed by atoms with Gasteiger partial charge in [0, 0.05) is 12.6 Å². The van der Waals surface area contributed by atoms with Crippen molar-refractivity contribution in [2.24, 2.45) is 17.4 Å². The number of benzene rings is 1. The maximum atomic E-state index is 6.08. The fourth-order valence-corrected chi connectivity index (χ4v) is 2.16. The Morgan fingerprint density at radius 1 is 1.32 bits per heavy atom. The van der Waals surface area contributed by atoms with Crippen LogP contribution in [0.15, 0.2) is 12.1 Å². The lowest BCUT2D eigenvalue weighted by molar-refractivity contribution is 0.279. The molecule has 4 N–H and O–H groups in total. The second kappa shape index (κ2) is 6.26. The Balaban J connectivity index is 2.27. The van der Waals surface area contributed by atoms with Gasteiger partial charge in [0.1, 0.15) is 0 Å². The van der Waals surface area contributed by atoms with E-state index in [9.17, 15) is 0 Å². The van der Waals surface area contributed by atoms with E-state index in [4.69, 9.17) is 20.9 Å². The normalized spacial score (nSPS) is 16.2. The van der Waals surface area contributed by atoms with Crippen molar-refractivity contribution in [2.45, 2.75) is 32.2 Å². The molecule has 4 heteroatoms. The van der Waals surface area contributed by atoms with Gasteiger partial charge in [-0.1, -0.05) is 6.92 Å². The van der Waals surface area contributed by atoms with Crippen LogP contribution in [0.2, 0.25) is 0 Å². The number of hydrogen-bond acceptors (Lipinski definition) is 4. The number of nitrogens with two attached hydrogens (primary N) is 2. The van der Waals surface area contributed by atoms with Crippen molar-refractivity contribution in [3.63, 3.8) is 0 Å². The van der Waals surface area contributed by atoms with Crippen LogP contribution in [-0.2, 0) is 6.42 Å². The van der Waals surface area contributed by atoms with Crippen LogP contribution in [-0.4, -0.2) is 20.3 Å². The summed E-state index contributed by atoms with van der Waals surface area (Å²) in [4.78, 5) is 0. The third-order valence-electron chi connectivity index (χ3n) is 3.63. The van der Waals surface area contributed by atoms with Gasteiger partial charge in [0.25, 0.3) is 0 Å². The second-order valence-corrected chi connectivity index (χ2v) is 5.15. The summed E-state index contributed by atoms with van der Waals surface area (Å²) >= 11 is 0. The number of methoxy groups -OCH3 is 1. The van der Waals surface area contributed by atoms with Gasteiger partial charge in [-0.05, 0) is 48.4 Å². The van der Waals surface area contributed by atoms with E-state index in [-0.39, 0.29) is 6.04 Å². The van der Waals surface area contributed by atoms with Crippen molar-refractivity contribution in [1.82, 2.24) is 0 Å². The van der Waals surface area contributed by atoms with Gasteiger partial charge in [0.05, 0.1) is 13.7 Å². The quantitative estimate of drug-likeness (QED) is 0.790. The largest absolute Gasteiger partial charge is 0.493 e. The molecule has 1 aromatic carbocycles. The molecule has 0 aliphatic heterocycles. The van der Waals surface area contributed by atoms with Gasteiger partial charge in [0.2, 0.25) is 0 Å². The van der Waals surface area contributed by atoms with Gasteiger partial charge in [-0.25, -0.2) is 0 Å². The number of aryl methyl sites for hydroxylation is 1. The van der Waals surface area contributed by atoms with Crippen LogP contribution in [0.5, 0.6) is 11.5 Å². The van der Waals surface area contributed by atoms with Crippen LogP contribution < -0.4 is 20.9 Å². The molecular weight excluding hydrogens is 240 g/mol. The Hall–Kier alpha value is -1.26. The van der Waals surface area contributed by atoms with Crippen LogP contribution in [0.25, 0.3) is 0 Å². The van der Waals surface area contributed by atoms with Gasteiger partial charge < -0.3 is 20.9 Å². The number of rotatable bonds is 7. The zero-order valence-corrected chi connectivity index (χ0v) is 11.8. The summed E-state index contributed by atoms with van der Waals surface area (Å²) in [7, 11) is 1.67. The molecule has 1 atom stereocenters. The average Bonchev–Trinajstić information content (AvgIpc) is 3.27. The van der Waals surface area contributed by atoms with Crippen molar-refractivity contribution in [3.05, 3.63) is 23.3 Å². The minimum absolute atomic E-state index is 0.149. The van der Waals surface area contributed by atoms with Crippen LogP contribution in [0.4, 0.5) is 0 Å². The van der Waals surface area contributed by atoms with E-state index in [2.05, 4.69) is 6.92 Å². The van der Waals surface area contributed by atoms with E-state index >= 15 is 0 Å². The summed E-state index contributed by atoms with van der Waals surface area (Å²) in [6.45, 7) is 3.30. The molecule has 1 aliphatic carbocycles. The zero-order valence-electron chi connectivity index (χ0n) is 11.8. The first kappa shape index (κ1) is 14.2. The summed E-state index contributed by atoms with van der Waals surface area (Å²) in [6, 6.07) is 3.87. The smallest absolute Gasteiger partial charge is 0.161 e. The Bertz CT molecular complexity index is 430. The highest BCUT2D eigenvalue weighted by molar-refractivity contribution is 5.48. The predicted octanol–water partition coefficient (Wildman–Crippen LogP) is 2.00. The average molecular weight is 264 g/mol. The minimum atomic E-state index is -0.149. The van der Waals surface area contributed by atoms with Crippen molar-refractivity contribution in [3.8, 4) is 11.5 Å². The summed E-state index contributed by atoms with van der Waals surface area (Å²) in [6.07, 6.45) is 3.44. The van der Waals surface area contributed by atoms with Gasteiger partial charge in [-0.15, -0.1) is 0 Å². The first-order chi connectivity index (χ1) is 9.19. The topological polar surface area (TPSA) is 70.5 Å². The van der Waals surface area contributed by atoms with E-state index in [0.717, 1.165) is 30.1 Å². The van der Waals surface area contributed by atoms with Crippen molar-refractivity contribution < 1.29 is 9.47 Å². The van der Waals surface area contributed by atoms with Gasteiger partial charge in [0.15, 0.2) is 11.5 Å². The molecule has 0 saturated heterocycles. The maximum absolute atomic E-state index is 6.08. The number of ether oxygens (including phenoxy) is 2. The lowest BCUT2D eigenvalue weighted by Crippen LogP contribution is -2.22. The van der Waals surface area contributed by atoms with Crippen molar-refractivity contribution in [1.29, 1.82) is 0 Å². The molecular formula is C15H24N2O2. The second-order valence-electron chi connectivity index (χ2n) is 5.15. The van der Waals surface area contributed by atoms with E-state index in [1.165, 1.54) is 18.4 Å². The Morgan fingerprint density at radius 3 is 2.58 bits per heavy atom. The summed E-state index contributed by atoms with van der Waals surface area (Å²) < 4.78 is 11.3. The van der Waals surface area contributed by atoms with E-state index in [0.29, 0.717) is 12.5 Å². The van der Waals surface area contributed by atoms with Crippen LogP contribution >= 0.6 is 0 Å². The summed E-state index contributed by atoms with van der Waals surface area (Å²) in [5.41, 5.74) is 14.0. The molecule has 0 amide bonds. The molecule has 1 saturated carbocycles. The monoisotopic (exact) mass is 264 g/mol. The third kappa shape index (κ3) is 3.39. The van der Waals surface area contributed by atoms with E-state index < -0.39 is 0 Å². The van der Waals surface area contributed by atoms with Crippen LogP contribution in [0, 0.1) is 5.92 Å². The molecule has 1 aliphatic rings. The highest BCUT2D eigenvalue weighted by atomic mass is 16.5. The molecule has 0 heterocycles. The molecule has 1 unspecified atom stereocenters. The van der Waals surface area contributed by atoms with Crippen molar-refractivity contribution in [2.75, 3.05) is 20.3 Å². The first-order valence-electron chi connectivity index (χ1n) is 6.98. The highest BCUT2D eigenvalue weighted by Gasteiger charge is 2.23. The maximum Gasteiger partial charge on any atom is 0.161 e. The van der Waals surface area contributed by atoms with E-state index in [1.807, 2.05) is 12.1 Å². The minimum Gasteiger partial charge on any atom is -0.493 e. The standard InChI is InChI=1S/C15H24N2O2/c1-3-11-6-14(18-2)15(19-9-10-4-5-10)7-12(11)13(17)8-16/h6-7,10,13H,3-5,8-9,16-17H2,1-2H3. The molecule has 1 fully saturated rings.